The summed E-state index contributed by atoms with van der Waals surface area (Å²) in [5.41, 5.74) is 3.49. The van der Waals surface area contributed by atoms with E-state index in [2.05, 4.69) is 15.6 Å². The Morgan fingerprint density at radius 3 is 2.81 bits per heavy atom. The van der Waals surface area contributed by atoms with Crippen LogP contribution in [0.3, 0.4) is 0 Å². The number of halogens is 1. The highest BCUT2D eigenvalue weighted by Crippen LogP contribution is 2.35. The van der Waals surface area contributed by atoms with Gasteiger partial charge in [-0.05, 0) is 48.2 Å². The third-order valence-corrected chi connectivity index (χ3v) is 5.95. The first-order valence-electron chi connectivity index (χ1n) is 10.8. The maximum atomic E-state index is 14.2. The molecule has 0 aliphatic heterocycles. The van der Waals surface area contributed by atoms with Crippen molar-refractivity contribution in [3.8, 4) is 0 Å². The van der Waals surface area contributed by atoms with Crippen LogP contribution in [0.2, 0.25) is 0 Å². The number of aromatic nitrogens is 3. The molecule has 1 fully saturated rings. The van der Waals surface area contributed by atoms with Crippen LogP contribution in [0.1, 0.15) is 59.0 Å². The molecule has 0 spiro atoms. The number of nitrogens with one attached hydrogen (secondary N) is 3. The summed E-state index contributed by atoms with van der Waals surface area (Å²) in [6, 6.07) is 6.33. The zero-order valence-corrected chi connectivity index (χ0v) is 18.3. The largest absolute Gasteiger partial charge is 0.393 e. The number of benzene rings is 1. The predicted molar refractivity (Wildman–Crippen MR) is 123 cm³/mol. The van der Waals surface area contributed by atoms with Crippen LogP contribution < -0.4 is 10.6 Å². The lowest BCUT2D eigenvalue weighted by Crippen LogP contribution is -2.24. The van der Waals surface area contributed by atoms with Crippen LogP contribution in [0.15, 0.2) is 36.7 Å². The molecule has 1 amide bonds. The van der Waals surface area contributed by atoms with Crippen molar-refractivity contribution in [2.24, 2.45) is 7.05 Å². The first kappa shape index (κ1) is 21.7. The Kier molecular flexibility index (Phi) is 6.30. The minimum absolute atomic E-state index is 0.139. The number of allylic oxidation sites excluding steroid dienone is 1. The Bertz CT molecular complexity index is 1190. The monoisotopic (exact) mass is 434 g/mol. The molecule has 32 heavy (non-hydrogen) atoms. The van der Waals surface area contributed by atoms with Crippen LogP contribution in [0, 0.1) is 11.2 Å². The normalized spacial score (nSPS) is 14.7. The van der Waals surface area contributed by atoms with Crippen molar-refractivity contribution in [1.82, 2.24) is 25.2 Å². The maximum absolute atomic E-state index is 14.2. The number of carbonyl (C=O) groups is 1. The number of fused-ring (bicyclic) bond motifs is 1. The fraction of sp³-hybridized carbons (Fsp3) is 0.333. The lowest BCUT2D eigenvalue weighted by molar-refractivity contribution is 0.0947. The van der Waals surface area contributed by atoms with E-state index in [0.29, 0.717) is 28.3 Å². The van der Waals surface area contributed by atoms with E-state index in [-0.39, 0.29) is 12.5 Å². The zero-order valence-electron chi connectivity index (χ0n) is 18.3. The van der Waals surface area contributed by atoms with Crippen molar-refractivity contribution in [2.75, 3.05) is 7.05 Å². The first-order valence-corrected chi connectivity index (χ1v) is 10.8. The Balaban J connectivity index is 1.58. The molecule has 0 radical (unpaired) electrons. The number of hydrogen-bond donors (Lipinski definition) is 3. The quantitative estimate of drug-likeness (QED) is 0.492. The molecule has 2 aromatic heterocycles. The molecule has 0 unspecified atom stereocenters. The summed E-state index contributed by atoms with van der Waals surface area (Å²) in [6.45, 7) is 0.139. The summed E-state index contributed by atoms with van der Waals surface area (Å²) in [5, 5.41) is 13.2. The van der Waals surface area contributed by atoms with Gasteiger partial charge in [0, 0.05) is 50.7 Å². The molecule has 4 rings (SSSR count). The molecule has 3 N–H and O–H groups in total. The van der Waals surface area contributed by atoms with E-state index < -0.39 is 5.82 Å². The summed E-state index contributed by atoms with van der Waals surface area (Å²) >= 11 is 0. The highest BCUT2D eigenvalue weighted by molar-refractivity contribution is 6.08. The second-order valence-corrected chi connectivity index (χ2v) is 8.10. The zero-order chi connectivity index (χ0) is 22.7. The second-order valence-electron chi connectivity index (χ2n) is 8.10. The van der Waals surface area contributed by atoms with Crippen LogP contribution >= 0.6 is 0 Å². The third kappa shape index (κ3) is 4.26. The Morgan fingerprint density at radius 1 is 1.31 bits per heavy atom. The third-order valence-electron chi connectivity index (χ3n) is 5.95. The Morgan fingerprint density at radius 2 is 2.09 bits per heavy atom. The van der Waals surface area contributed by atoms with Gasteiger partial charge in [-0.25, -0.2) is 14.4 Å². The van der Waals surface area contributed by atoms with E-state index in [9.17, 15) is 9.18 Å². The van der Waals surface area contributed by atoms with Gasteiger partial charge >= 0.3 is 0 Å². The maximum Gasteiger partial charge on any atom is 0.272 e. The molecule has 0 atom stereocenters. The molecule has 1 aromatic carbocycles. The average Bonchev–Trinajstić information content (AvgIpc) is 3.43. The fourth-order valence-electron chi connectivity index (χ4n) is 4.44. The number of nitrogens with zero attached hydrogens (tertiary/aromatic N) is 3. The summed E-state index contributed by atoms with van der Waals surface area (Å²) in [6.07, 6.45) is 9.03. The van der Waals surface area contributed by atoms with Crippen LogP contribution in [0.4, 0.5) is 4.39 Å². The SMILES string of the molecule is CN/C=C(\C=N)c1cc(F)cc(CNC(=O)c2nccc3nc(C4CCCC4)n(C)c23)c1. The summed E-state index contributed by atoms with van der Waals surface area (Å²) < 4.78 is 16.2. The number of hydrogen-bond acceptors (Lipinski definition) is 5. The van der Waals surface area contributed by atoms with E-state index >= 15 is 0 Å². The second kappa shape index (κ2) is 9.30. The smallest absolute Gasteiger partial charge is 0.272 e. The van der Waals surface area contributed by atoms with Gasteiger partial charge in [-0.3, -0.25) is 4.79 Å². The molecule has 3 aromatic rings. The van der Waals surface area contributed by atoms with E-state index in [0.717, 1.165) is 35.9 Å². The highest BCUT2D eigenvalue weighted by Gasteiger charge is 2.25. The Labute approximate surface area is 186 Å². The van der Waals surface area contributed by atoms with Crippen LogP contribution in [0.5, 0.6) is 0 Å². The van der Waals surface area contributed by atoms with Crippen molar-refractivity contribution in [1.29, 1.82) is 5.41 Å². The van der Waals surface area contributed by atoms with Gasteiger partial charge in [-0.15, -0.1) is 0 Å². The fourth-order valence-corrected chi connectivity index (χ4v) is 4.44. The lowest BCUT2D eigenvalue weighted by Gasteiger charge is -2.11. The van der Waals surface area contributed by atoms with Crippen molar-refractivity contribution in [3.63, 3.8) is 0 Å². The summed E-state index contributed by atoms with van der Waals surface area (Å²) in [7, 11) is 3.65. The van der Waals surface area contributed by atoms with Crippen LogP contribution in [-0.2, 0) is 13.6 Å². The van der Waals surface area contributed by atoms with Gasteiger partial charge in [-0.2, -0.15) is 0 Å². The number of carbonyl (C=O) groups excluding carboxylic acids is 1. The number of amides is 1. The average molecular weight is 435 g/mol. The number of pyridine rings is 1. The van der Waals surface area contributed by atoms with E-state index in [1.807, 2.05) is 17.7 Å². The van der Waals surface area contributed by atoms with Crippen molar-refractivity contribution < 1.29 is 9.18 Å². The first-order chi connectivity index (χ1) is 15.5. The predicted octanol–water partition coefficient (Wildman–Crippen LogP) is 3.90. The van der Waals surface area contributed by atoms with Gasteiger partial charge in [0.05, 0.1) is 11.0 Å². The Hall–Kier alpha value is -3.55. The van der Waals surface area contributed by atoms with Crippen LogP contribution in [0.25, 0.3) is 16.6 Å². The van der Waals surface area contributed by atoms with Gasteiger partial charge in [0.2, 0.25) is 0 Å². The number of aryl methyl sites for hydroxylation is 1. The van der Waals surface area contributed by atoms with Gasteiger partial charge in [0.15, 0.2) is 5.69 Å². The van der Waals surface area contributed by atoms with E-state index in [1.54, 1.807) is 25.5 Å². The molecule has 1 saturated carbocycles. The topological polar surface area (TPSA) is 95.7 Å². The summed E-state index contributed by atoms with van der Waals surface area (Å²) in [5.74, 6) is 0.664. The molecular formula is C24H27FN6O. The van der Waals surface area contributed by atoms with Crippen LogP contribution in [-0.4, -0.2) is 33.7 Å². The minimum atomic E-state index is -0.427. The standard InChI is InChI=1S/C24H27FN6O/c1-27-14-18(12-26)17-9-15(10-19(25)11-17)13-29-24(32)21-22-20(7-8-28-21)30-23(31(22)2)16-5-3-4-6-16/h7-12,14,16,26-27H,3-6,13H2,1-2H3,(H,29,32)/b18-14+,26-12?. The van der Waals surface area contributed by atoms with Gasteiger partial charge < -0.3 is 20.6 Å². The molecule has 0 saturated heterocycles. The molecule has 1 aliphatic carbocycles. The number of rotatable bonds is 7. The molecular weight excluding hydrogens is 407 g/mol. The molecule has 8 heteroatoms. The highest BCUT2D eigenvalue weighted by atomic mass is 19.1. The van der Waals surface area contributed by atoms with E-state index in [1.165, 1.54) is 25.0 Å². The summed E-state index contributed by atoms with van der Waals surface area (Å²) in [4.78, 5) is 22.1. The van der Waals surface area contributed by atoms with Gasteiger partial charge in [0.1, 0.15) is 11.6 Å². The van der Waals surface area contributed by atoms with Crippen molar-refractivity contribution in [2.45, 2.75) is 38.1 Å². The van der Waals surface area contributed by atoms with Gasteiger partial charge in [0.25, 0.3) is 5.91 Å². The molecule has 1 aliphatic rings. The molecule has 7 nitrogen and oxygen atoms in total. The minimum Gasteiger partial charge on any atom is -0.393 e. The van der Waals surface area contributed by atoms with Crippen molar-refractivity contribution >= 4 is 28.7 Å². The number of imidazole rings is 1. The molecule has 0 bridgehead atoms. The lowest BCUT2D eigenvalue weighted by atomic mass is 10.0. The van der Waals surface area contributed by atoms with E-state index in [4.69, 9.17) is 10.4 Å². The van der Waals surface area contributed by atoms with Gasteiger partial charge in [-0.1, -0.05) is 12.8 Å². The molecule has 2 heterocycles. The van der Waals surface area contributed by atoms with Crippen molar-refractivity contribution in [3.05, 3.63) is 65.1 Å². The molecule has 166 valence electrons.